The first-order chi connectivity index (χ1) is 9.54. The largest absolute Gasteiger partial charge is 0.399 e. The number of amides is 1. The third kappa shape index (κ3) is 2.35. The van der Waals surface area contributed by atoms with Crippen LogP contribution >= 0.6 is 0 Å². The number of carbonyl (C=O) groups is 1. The van der Waals surface area contributed by atoms with E-state index >= 15 is 0 Å². The minimum absolute atomic E-state index is 0.368. The lowest BCUT2D eigenvalue weighted by Crippen LogP contribution is -2.31. The molecule has 108 valence electrons. The molecule has 20 heavy (non-hydrogen) atoms. The van der Waals surface area contributed by atoms with E-state index in [0.717, 1.165) is 17.5 Å². The minimum atomic E-state index is -0.431. The summed E-state index contributed by atoms with van der Waals surface area (Å²) >= 11 is 0. The third-order valence-corrected chi connectivity index (χ3v) is 5.13. The lowest BCUT2D eigenvalue weighted by Gasteiger charge is -2.29. The van der Waals surface area contributed by atoms with Crippen LogP contribution in [0, 0.1) is 17.8 Å². The molecule has 2 aliphatic carbocycles. The summed E-state index contributed by atoms with van der Waals surface area (Å²) in [5, 5.41) is 3.49. The third-order valence-electron chi connectivity index (χ3n) is 5.13. The maximum atomic E-state index is 11.5. The first kappa shape index (κ1) is 13.3. The number of hydrogen-bond acceptors (Lipinski definition) is 3. The molecule has 2 saturated carbocycles. The molecule has 3 rings (SSSR count). The SMILES string of the molecule is CC(Nc1ccc(N)cc1C(N)=O)C1CC2CCC1C2. The number of primary amides is 1. The lowest BCUT2D eigenvalue weighted by molar-refractivity contribution is 0.100. The average molecular weight is 273 g/mol. The van der Waals surface area contributed by atoms with Gasteiger partial charge in [-0.25, -0.2) is 0 Å². The second kappa shape index (κ2) is 5.00. The van der Waals surface area contributed by atoms with Crippen LogP contribution in [0.2, 0.25) is 0 Å². The molecule has 1 aromatic rings. The molecule has 0 spiro atoms. The molecule has 4 heteroatoms. The highest BCUT2D eigenvalue weighted by molar-refractivity contribution is 5.99. The van der Waals surface area contributed by atoms with Crippen molar-refractivity contribution in [2.75, 3.05) is 11.1 Å². The van der Waals surface area contributed by atoms with Crippen molar-refractivity contribution in [3.8, 4) is 0 Å². The minimum Gasteiger partial charge on any atom is -0.399 e. The molecule has 4 nitrogen and oxygen atoms in total. The van der Waals surface area contributed by atoms with E-state index in [1.54, 1.807) is 6.07 Å². The van der Waals surface area contributed by atoms with Crippen molar-refractivity contribution in [1.29, 1.82) is 0 Å². The molecule has 2 fully saturated rings. The van der Waals surface area contributed by atoms with Crippen molar-refractivity contribution in [2.45, 2.75) is 38.6 Å². The second-order valence-electron chi connectivity index (χ2n) is 6.44. The van der Waals surface area contributed by atoms with E-state index in [1.165, 1.54) is 25.7 Å². The fraction of sp³-hybridized carbons (Fsp3) is 0.562. The topological polar surface area (TPSA) is 81.1 Å². The summed E-state index contributed by atoms with van der Waals surface area (Å²) in [5.74, 6) is 2.07. The van der Waals surface area contributed by atoms with Gasteiger partial charge in [-0.1, -0.05) is 6.42 Å². The Morgan fingerprint density at radius 1 is 1.35 bits per heavy atom. The monoisotopic (exact) mass is 273 g/mol. The van der Waals surface area contributed by atoms with E-state index in [-0.39, 0.29) is 0 Å². The first-order valence-corrected chi connectivity index (χ1v) is 7.50. The Kier molecular flexibility index (Phi) is 3.32. The van der Waals surface area contributed by atoms with Gasteiger partial charge in [-0.2, -0.15) is 0 Å². The van der Waals surface area contributed by atoms with Crippen LogP contribution < -0.4 is 16.8 Å². The maximum absolute atomic E-state index is 11.5. The summed E-state index contributed by atoms with van der Waals surface area (Å²) in [4.78, 5) is 11.5. The zero-order valence-electron chi connectivity index (χ0n) is 11.9. The Morgan fingerprint density at radius 3 is 2.75 bits per heavy atom. The predicted molar refractivity (Wildman–Crippen MR) is 81.4 cm³/mol. The highest BCUT2D eigenvalue weighted by atomic mass is 16.1. The van der Waals surface area contributed by atoms with Crippen molar-refractivity contribution in [3.05, 3.63) is 23.8 Å². The van der Waals surface area contributed by atoms with Crippen LogP contribution in [0.5, 0.6) is 0 Å². The van der Waals surface area contributed by atoms with Crippen LogP contribution in [-0.4, -0.2) is 11.9 Å². The number of hydrogen-bond donors (Lipinski definition) is 3. The van der Waals surface area contributed by atoms with Crippen LogP contribution in [0.3, 0.4) is 0 Å². The van der Waals surface area contributed by atoms with Gasteiger partial charge in [0, 0.05) is 17.4 Å². The van der Waals surface area contributed by atoms with Gasteiger partial charge in [0.2, 0.25) is 0 Å². The van der Waals surface area contributed by atoms with E-state index in [9.17, 15) is 4.79 Å². The van der Waals surface area contributed by atoms with Gasteiger partial charge in [0.25, 0.3) is 5.91 Å². The molecule has 0 aromatic heterocycles. The van der Waals surface area contributed by atoms with Gasteiger partial charge >= 0.3 is 0 Å². The van der Waals surface area contributed by atoms with Gasteiger partial charge in [-0.15, -0.1) is 0 Å². The van der Waals surface area contributed by atoms with E-state index < -0.39 is 5.91 Å². The summed E-state index contributed by atoms with van der Waals surface area (Å²) in [7, 11) is 0. The van der Waals surface area contributed by atoms with Gasteiger partial charge in [-0.05, 0) is 62.1 Å². The Hall–Kier alpha value is -1.71. The van der Waals surface area contributed by atoms with E-state index in [0.29, 0.717) is 23.2 Å². The summed E-state index contributed by atoms with van der Waals surface area (Å²) in [5.41, 5.74) is 13.0. The molecule has 1 aromatic carbocycles. The van der Waals surface area contributed by atoms with Gasteiger partial charge in [0.05, 0.1) is 5.56 Å². The molecule has 0 aliphatic heterocycles. The summed E-state index contributed by atoms with van der Waals surface area (Å²) in [6, 6.07) is 5.69. The molecular formula is C16H23N3O. The average Bonchev–Trinajstić information content (AvgIpc) is 3.03. The highest BCUT2D eigenvalue weighted by Gasteiger charge is 2.41. The fourth-order valence-corrected chi connectivity index (χ4v) is 4.15. The maximum Gasteiger partial charge on any atom is 0.250 e. The van der Waals surface area contributed by atoms with Crippen molar-refractivity contribution < 1.29 is 4.79 Å². The number of anilines is 2. The molecule has 1 amide bonds. The standard InChI is InChI=1S/C16H23N3O/c1-9(13-7-10-2-3-11(13)6-10)19-15-5-4-12(17)8-14(15)16(18)20/h4-5,8-11,13,19H,2-3,6-7,17H2,1H3,(H2,18,20). The van der Waals surface area contributed by atoms with Crippen LogP contribution in [0.1, 0.15) is 43.0 Å². The van der Waals surface area contributed by atoms with Gasteiger partial charge in [0.15, 0.2) is 0 Å². The van der Waals surface area contributed by atoms with Crippen molar-refractivity contribution in [1.82, 2.24) is 0 Å². The van der Waals surface area contributed by atoms with Crippen LogP contribution in [-0.2, 0) is 0 Å². The molecule has 2 aliphatic rings. The zero-order valence-corrected chi connectivity index (χ0v) is 11.9. The van der Waals surface area contributed by atoms with Gasteiger partial charge in [-0.3, -0.25) is 4.79 Å². The van der Waals surface area contributed by atoms with Crippen LogP contribution in [0.4, 0.5) is 11.4 Å². The summed E-state index contributed by atoms with van der Waals surface area (Å²) in [6.07, 6.45) is 5.48. The molecule has 0 radical (unpaired) electrons. The van der Waals surface area contributed by atoms with E-state index in [4.69, 9.17) is 11.5 Å². The number of fused-ring (bicyclic) bond motifs is 2. The van der Waals surface area contributed by atoms with Gasteiger partial charge < -0.3 is 16.8 Å². The first-order valence-electron chi connectivity index (χ1n) is 7.50. The number of nitrogen functional groups attached to an aromatic ring is 1. The number of rotatable bonds is 4. The highest BCUT2D eigenvalue weighted by Crippen LogP contribution is 2.49. The summed E-state index contributed by atoms with van der Waals surface area (Å²) < 4.78 is 0. The molecular weight excluding hydrogens is 250 g/mol. The zero-order chi connectivity index (χ0) is 14.3. The Balaban J connectivity index is 1.76. The smallest absolute Gasteiger partial charge is 0.250 e. The van der Waals surface area contributed by atoms with E-state index in [2.05, 4.69) is 12.2 Å². The lowest BCUT2D eigenvalue weighted by atomic mass is 9.84. The predicted octanol–water partition coefficient (Wildman–Crippen LogP) is 2.60. The Bertz CT molecular complexity index is 528. The van der Waals surface area contributed by atoms with E-state index in [1.807, 2.05) is 12.1 Å². The molecule has 4 atom stereocenters. The van der Waals surface area contributed by atoms with Crippen molar-refractivity contribution >= 4 is 17.3 Å². The normalized spacial score (nSPS) is 29.4. The van der Waals surface area contributed by atoms with Crippen LogP contribution in [0.25, 0.3) is 0 Å². The quantitative estimate of drug-likeness (QED) is 0.738. The van der Waals surface area contributed by atoms with Crippen LogP contribution in [0.15, 0.2) is 18.2 Å². The number of nitrogens with one attached hydrogen (secondary N) is 1. The molecule has 4 unspecified atom stereocenters. The van der Waals surface area contributed by atoms with Crippen molar-refractivity contribution in [2.24, 2.45) is 23.5 Å². The molecule has 5 N–H and O–H groups in total. The molecule has 0 saturated heterocycles. The Morgan fingerprint density at radius 2 is 2.15 bits per heavy atom. The number of benzene rings is 1. The van der Waals surface area contributed by atoms with Gasteiger partial charge in [0.1, 0.15) is 0 Å². The van der Waals surface area contributed by atoms with Crippen molar-refractivity contribution in [3.63, 3.8) is 0 Å². The Labute approximate surface area is 119 Å². The molecule has 0 heterocycles. The number of nitrogens with two attached hydrogens (primary N) is 2. The fourth-order valence-electron chi connectivity index (χ4n) is 4.15. The number of carbonyl (C=O) groups excluding carboxylic acids is 1. The molecule has 2 bridgehead atoms. The summed E-state index contributed by atoms with van der Waals surface area (Å²) in [6.45, 7) is 2.21. The second-order valence-corrected chi connectivity index (χ2v) is 6.44.